The molecule has 0 saturated carbocycles. The van der Waals surface area contributed by atoms with Crippen molar-refractivity contribution in [2.75, 3.05) is 11.9 Å². The fourth-order valence-electron chi connectivity index (χ4n) is 1.67. The van der Waals surface area contributed by atoms with Gasteiger partial charge in [0.15, 0.2) is 0 Å². The molecule has 1 aromatic rings. The Bertz CT molecular complexity index is 446. The van der Waals surface area contributed by atoms with E-state index in [1.54, 1.807) is 4.68 Å². The third-order valence-corrected chi connectivity index (χ3v) is 3.95. The smallest absolute Gasteiger partial charge is 0.134 e. The zero-order chi connectivity index (χ0) is 14.1. The summed E-state index contributed by atoms with van der Waals surface area (Å²) >= 11 is 5.09. The Hall–Kier alpha value is -1.10. The number of anilines is 1. The summed E-state index contributed by atoms with van der Waals surface area (Å²) in [7, 11) is 1.90. The number of nitrogens with two attached hydrogens (primary N) is 1. The molecule has 5 heteroatoms. The third kappa shape index (κ3) is 3.02. The number of rotatable bonds is 5. The maximum atomic E-state index is 5.77. The first-order chi connectivity index (χ1) is 8.16. The second-order valence-electron chi connectivity index (χ2n) is 5.79. The van der Waals surface area contributed by atoms with Crippen molar-refractivity contribution in [3.63, 3.8) is 0 Å². The van der Waals surface area contributed by atoms with Crippen molar-refractivity contribution in [3.8, 4) is 0 Å². The quantitative estimate of drug-likeness (QED) is 0.806. The minimum atomic E-state index is 0.200. The molecule has 0 aromatic carbocycles. The van der Waals surface area contributed by atoms with Gasteiger partial charge in [-0.2, -0.15) is 5.10 Å². The molecule has 0 fully saturated rings. The molecule has 0 amide bonds. The minimum absolute atomic E-state index is 0.200. The molecule has 0 aliphatic carbocycles. The number of nitrogens with one attached hydrogen (secondary N) is 1. The summed E-state index contributed by atoms with van der Waals surface area (Å²) in [6.45, 7) is 11.7. The van der Waals surface area contributed by atoms with Crippen LogP contribution >= 0.6 is 12.2 Å². The molecular weight excluding hydrogens is 244 g/mol. The van der Waals surface area contributed by atoms with Crippen molar-refractivity contribution >= 4 is 23.0 Å². The van der Waals surface area contributed by atoms with Gasteiger partial charge in [0, 0.05) is 13.6 Å². The summed E-state index contributed by atoms with van der Waals surface area (Å²) in [4.78, 5) is 0.394. The molecule has 1 heterocycles. The standard InChI is InChI=1S/C13H24N4S/c1-8(2)13(4,5)7-15-12-10(11(14)18)9(3)16-17(12)6/h8,15H,7H2,1-6H3,(H2,14,18). The average Bonchev–Trinajstić information content (AvgIpc) is 2.50. The molecule has 0 radical (unpaired) electrons. The van der Waals surface area contributed by atoms with Crippen LogP contribution in [0.3, 0.4) is 0 Å². The van der Waals surface area contributed by atoms with Gasteiger partial charge in [-0.1, -0.05) is 39.9 Å². The van der Waals surface area contributed by atoms with Gasteiger partial charge < -0.3 is 11.1 Å². The van der Waals surface area contributed by atoms with Gasteiger partial charge in [-0.3, -0.25) is 4.68 Å². The Kier molecular flexibility index (Phi) is 4.37. The fraction of sp³-hybridized carbons (Fsp3) is 0.692. The summed E-state index contributed by atoms with van der Waals surface area (Å²) in [5.74, 6) is 1.50. The predicted octanol–water partition coefficient (Wildman–Crippen LogP) is 2.46. The van der Waals surface area contributed by atoms with Gasteiger partial charge in [-0.15, -0.1) is 0 Å². The lowest BCUT2D eigenvalue weighted by Crippen LogP contribution is -2.29. The number of nitrogens with zero attached hydrogens (tertiary/aromatic N) is 2. The van der Waals surface area contributed by atoms with Gasteiger partial charge in [-0.05, 0) is 18.3 Å². The molecular formula is C13H24N4S. The first kappa shape index (κ1) is 15.0. The molecule has 0 aliphatic rings. The Morgan fingerprint density at radius 2 is 2.06 bits per heavy atom. The van der Waals surface area contributed by atoms with Gasteiger partial charge >= 0.3 is 0 Å². The van der Waals surface area contributed by atoms with Crippen LogP contribution in [0.25, 0.3) is 0 Å². The maximum Gasteiger partial charge on any atom is 0.134 e. The zero-order valence-electron chi connectivity index (χ0n) is 12.2. The van der Waals surface area contributed by atoms with Crippen LogP contribution in [-0.4, -0.2) is 21.3 Å². The van der Waals surface area contributed by atoms with Crippen molar-refractivity contribution in [2.45, 2.75) is 34.6 Å². The van der Waals surface area contributed by atoms with Crippen LogP contribution in [-0.2, 0) is 7.05 Å². The van der Waals surface area contributed by atoms with E-state index in [4.69, 9.17) is 18.0 Å². The van der Waals surface area contributed by atoms with Crippen molar-refractivity contribution in [1.29, 1.82) is 0 Å². The van der Waals surface area contributed by atoms with Crippen molar-refractivity contribution in [3.05, 3.63) is 11.3 Å². The van der Waals surface area contributed by atoms with Crippen LogP contribution in [0.4, 0.5) is 5.82 Å². The maximum absolute atomic E-state index is 5.77. The highest BCUT2D eigenvalue weighted by Gasteiger charge is 2.24. The van der Waals surface area contributed by atoms with Crippen LogP contribution in [0.1, 0.15) is 39.0 Å². The Morgan fingerprint density at radius 1 is 1.50 bits per heavy atom. The molecule has 0 bridgehead atoms. The van der Waals surface area contributed by atoms with E-state index in [1.165, 1.54) is 0 Å². The van der Waals surface area contributed by atoms with Gasteiger partial charge in [0.2, 0.25) is 0 Å². The Labute approximate surface area is 115 Å². The van der Waals surface area contributed by atoms with Gasteiger partial charge in [0.1, 0.15) is 10.8 Å². The summed E-state index contributed by atoms with van der Waals surface area (Å²) in [5, 5.41) is 7.80. The van der Waals surface area contributed by atoms with Crippen LogP contribution in [0.2, 0.25) is 0 Å². The van der Waals surface area contributed by atoms with Gasteiger partial charge in [0.25, 0.3) is 0 Å². The van der Waals surface area contributed by atoms with Crippen molar-refractivity contribution in [2.24, 2.45) is 24.1 Å². The highest BCUT2D eigenvalue weighted by Crippen LogP contribution is 2.27. The normalized spacial score (nSPS) is 11.9. The lowest BCUT2D eigenvalue weighted by Gasteiger charge is -2.30. The Balaban J connectivity index is 2.95. The van der Waals surface area contributed by atoms with Gasteiger partial charge in [0.05, 0.1) is 11.3 Å². The number of aryl methyl sites for hydroxylation is 2. The highest BCUT2D eigenvalue weighted by atomic mass is 32.1. The number of hydrogen-bond acceptors (Lipinski definition) is 3. The van der Waals surface area contributed by atoms with Crippen molar-refractivity contribution < 1.29 is 0 Å². The van der Waals surface area contributed by atoms with Crippen molar-refractivity contribution in [1.82, 2.24) is 9.78 Å². The van der Waals surface area contributed by atoms with E-state index in [0.717, 1.165) is 23.6 Å². The first-order valence-electron chi connectivity index (χ1n) is 6.24. The van der Waals surface area contributed by atoms with E-state index in [1.807, 2.05) is 14.0 Å². The lowest BCUT2D eigenvalue weighted by atomic mass is 9.81. The SMILES string of the molecule is Cc1nn(C)c(NCC(C)(C)C(C)C)c1C(N)=S. The summed E-state index contributed by atoms with van der Waals surface area (Å²) < 4.78 is 1.81. The lowest BCUT2D eigenvalue weighted by molar-refractivity contribution is 0.269. The van der Waals surface area contributed by atoms with Crippen LogP contribution < -0.4 is 11.1 Å². The van der Waals surface area contributed by atoms with E-state index in [2.05, 4.69) is 38.1 Å². The van der Waals surface area contributed by atoms with E-state index < -0.39 is 0 Å². The topological polar surface area (TPSA) is 55.9 Å². The number of hydrogen-bond donors (Lipinski definition) is 2. The largest absolute Gasteiger partial charge is 0.389 e. The van der Waals surface area contributed by atoms with Gasteiger partial charge in [-0.25, -0.2) is 0 Å². The molecule has 0 unspecified atom stereocenters. The third-order valence-electron chi connectivity index (χ3n) is 3.74. The summed E-state index contributed by atoms with van der Waals surface area (Å²) in [5.41, 5.74) is 7.69. The molecule has 3 N–H and O–H groups in total. The second-order valence-corrected chi connectivity index (χ2v) is 6.23. The molecule has 18 heavy (non-hydrogen) atoms. The minimum Gasteiger partial charge on any atom is -0.389 e. The predicted molar refractivity (Wildman–Crippen MR) is 80.9 cm³/mol. The molecule has 0 atom stereocenters. The number of aromatic nitrogens is 2. The van der Waals surface area contributed by atoms with E-state index in [-0.39, 0.29) is 5.41 Å². The van der Waals surface area contributed by atoms with Crippen LogP contribution in [0.5, 0.6) is 0 Å². The van der Waals surface area contributed by atoms with Crippen LogP contribution in [0, 0.1) is 18.3 Å². The summed E-state index contributed by atoms with van der Waals surface area (Å²) in [6.07, 6.45) is 0. The van der Waals surface area contributed by atoms with E-state index in [9.17, 15) is 0 Å². The first-order valence-corrected chi connectivity index (χ1v) is 6.65. The molecule has 4 nitrogen and oxygen atoms in total. The zero-order valence-corrected chi connectivity index (χ0v) is 13.0. The second kappa shape index (κ2) is 5.26. The molecule has 0 saturated heterocycles. The van der Waals surface area contributed by atoms with E-state index >= 15 is 0 Å². The summed E-state index contributed by atoms with van der Waals surface area (Å²) in [6, 6.07) is 0. The molecule has 102 valence electrons. The molecule has 1 rings (SSSR count). The molecule has 0 aliphatic heterocycles. The highest BCUT2D eigenvalue weighted by molar-refractivity contribution is 7.80. The van der Waals surface area contributed by atoms with Crippen LogP contribution in [0.15, 0.2) is 0 Å². The fourth-order valence-corrected chi connectivity index (χ4v) is 1.92. The Morgan fingerprint density at radius 3 is 2.50 bits per heavy atom. The molecule has 1 aromatic heterocycles. The average molecular weight is 268 g/mol. The monoisotopic (exact) mass is 268 g/mol. The number of thiocarbonyl (C=S) groups is 1. The van der Waals surface area contributed by atoms with E-state index in [0.29, 0.717) is 10.9 Å². The molecule has 0 spiro atoms.